The van der Waals surface area contributed by atoms with Crippen LogP contribution in [0.1, 0.15) is 26.5 Å². The largest absolute Gasteiger partial charge is 0.497 e. The van der Waals surface area contributed by atoms with Gasteiger partial charge in [-0.15, -0.1) is 16.4 Å². The van der Waals surface area contributed by atoms with E-state index in [1.54, 1.807) is 31.4 Å². The fraction of sp³-hybridized carbons (Fsp3) is 0.150. The van der Waals surface area contributed by atoms with Crippen molar-refractivity contribution < 1.29 is 9.53 Å². The number of nitrogens with zero attached hydrogens (tertiary/aromatic N) is 5. The number of carbonyl (C=O) groups is 1. The number of methoxy groups -OCH3 is 1. The molecule has 146 valence electrons. The molecule has 0 unspecified atom stereocenters. The van der Waals surface area contributed by atoms with E-state index in [1.807, 2.05) is 31.2 Å². The van der Waals surface area contributed by atoms with Gasteiger partial charge in [-0.25, -0.2) is 9.67 Å². The van der Waals surface area contributed by atoms with E-state index in [0.29, 0.717) is 10.7 Å². The van der Waals surface area contributed by atoms with Gasteiger partial charge < -0.3 is 4.74 Å². The Hall–Kier alpha value is -3.59. The number of hydrogen-bond donors (Lipinski definition) is 1. The van der Waals surface area contributed by atoms with Crippen LogP contribution in [0.2, 0.25) is 0 Å². The maximum absolute atomic E-state index is 12.6. The number of benzene rings is 2. The predicted molar refractivity (Wildman–Crippen MR) is 110 cm³/mol. The van der Waals surface area contributed by atoms with Gasteiger partial charge in [0.25, 0.3) is 5.91 Å². The fourth-order valence-electron chi connectivity index (χ4n) is 2.79. The van der Waals surface area contributed by atoms with Gasteiger partial charge in [-0.3, -0.25) is 10.1 Å². The van der Waals surface area contributed by atoms with Crippen LogP contribution < -0.4 is 10.1 Å². The molecule has 0 bridgehead atoms. The van der Waals surface area contributed by atoms with Gasteiger partial charge in [0.05, 0.1) is 18.5 Å². The summed E-state index contributed by atoms with van der Waals surface area (Å²) in [6, 6.07) is 15.0. The first-order chi connectivity index (χ1) is 14.1. The van der Waals surface area contributed by atoms with Crippen molar-refractivity contribution in [2.45, 2.75) is 13.3 Å². The monoisotopic (exact) mass is 406 g/mol. The van der Waals surface area contributed by atoms with Crippen molar-refractivity contribution in [1.82, 2.24) is 25.2 Å². The van der Waals surface area contributed by atoms with Gasteiger partial charge in [0, 0.05) is 16.9 Å². The van der Waals surface area contributed by atoms with Crippen LogP contribution >= 0.6 is 11.3 Å². The number of ether oxygens (including phenoxy) is 1. The zero-order chi connectivity index (χ0) is 20.2. The average Bonchev–Trinajstić information content (AvgIpc) is 3.39. The van der Waals surface area contributed by atoms with Crippen molar-refractivity contribution in [3.05, 3.63) is 76.6 Å². The van der Waals surface area contributed by atoms with Gasteiger partial charge in [-0.1, -0.05) is 12.1 Å². The van der Waals surface area contributed by atoms with Gasteiger partial charge in [0.1, 0.15) is 12.1 Å². The summed E-state index contributed by atoms with van der Waals surface area (Å²) in [7, 11) is 1.65. The molecule has 0 saturated heterocycles. The molecule has 29 heavy (non-hydrogen) atoms. The number of carbonyl (C=O) groups excluding carboxylic acids is 1. The fourth-order valence-corrected chi connectivity index (χ4v) is 3.78. The number of thiazole rings is 1. The Kier molecular flexibility index (Phi) is 5.30. The van der Waals surface area contributed by atoms with Gasteiger partial charge in [-0.05, 0) is 59.3 Å². The van der Waals surface area contributed by atoms with E-state index < -0.39 is 0 Å². The van der Waals surface area contributed by atoms with Gasteiger partial charge in [-0.2, -0.15) is 0 Å². The van der Waals surface area contributed by atoms with Crippen molar-refractivity contribution in [3.63, 3.8) is 0 Å². The molecule has 0 saturated carbocycles. The van der Waals surface area contributed by atoms with Crippen LogP contribution in [0.4, 0.5) is 5.13 Å². The van der Waals surface area contributed by atoms with Crippen molar-refractivity contribution in [1.29, 1.82) is 0 Å². The van der Waals surface area contributed by atoms with Gasteiger partial charge >= 0.3 is 0 Å². The minimum absolute atomic E-state index is 0.210. The maximum atomic E-state index is 12.6. The number of anilines is 1. The second-order valence-corrected chi connectivity index (χ2v) is 7.39. The minimum Gasteiger partial charge on any atom is -0.497 e. The first-order valence-corrected chi connectivity index (χ1v) is 9.68. The highest BCUT2D eigenvalue weighted by molar-refractivity contribution is 7.15. The second-order valence-electron chi connectivity index (χ2n) is 6.31. The predicted octanol–water partition coefficient (Wildman–Crippen LogP) is 3.28. The van der Waals surface area contributed by atoms with E-state index >= 15 is 0 Å². The summed E-state index contributed by atoms with van der Waals surface area (Å²) in [5.74, 6) is 0.617. The van der Waals surface area contributed by atoms with E-state index in [0.717, 1.165) is 34.0 Å². The Bertz CT molecular complexity index is 1110. The molecule has 0 atom stereocenters. The lowest BCUT2D eigenvalue weighted by molar-refractivity contribution is 0.102. The Balaban J connectivity index is 1.44. The number of aromatic nitrogens is 5. The Morgan fingerprint density at radius 1 is 1.14 bits per heavy atom. The molecule has 0 aliphatic rings. The summed E-state index contributed by atoms with van der Waals surface area (Å²) in [5, 5.41) is 14.5. The number of rotatable bonds is 6. The Morgan fingerprint density at radius 3 is 2.55 bits per heavy atom. The van der Waals surface area contributed by atoms with Gasteiger partial charge in [0.2, 0.25) is 0 Å². The molecule has 0 spiro atoms. The Labute approximate surface area is 171 Å². The molecule has 9 heteroatoms. The van der Waals surface area contributed by atoms with Gasteiger partial charge in [0.15, 0.2) is 5.13 Å². The number of nitrogens with one attached hydrogen (secondary N) is 1. The molecule has 2 aromatic heterocycles. The van der Waals surface area contributed by atoms with Crippen LogP contribution in [-0.4, -0.2) is 38.2 Å². The SMILES string of the molecule is COc1ccc(Cc2sc(NC(=O)c3ccc(-n4cnnn4)cc3)nc2C)cc1. The molecular formula is C20H18N6O2S. The third-order valence-corrected chi connectivity index (χ3v) is 5.45. The lowest BCUT2D eigenvalue weighted by Gasteiger charge is -2.03. The van der Waals surface area contributed by atoms with Crippen molar-refractivity contribution in [3.8, 4) is 11.4 Å². The molecule has 4 rings (SSSR count). The molecule has 1 N–H and O–H groups in total. The zero-order valence-corrected chi connectivity index (χ0v) is 16.7. The van der Waals surface area contributed by atoms with Crippen molar-refractivity contribution in [2.24, 2.45) is 0 Å². The lowest BCUT2D eigenvalue weighted by Crippen LogP contribution is -2.11. The maximum Gasteiger partial charge on any atom is 0.257 e. The van der Waals surface area contributed by atoms with E-state index in [-0.39, 0.29) is 5.91 Å². The minimum atomic E-state index is -0.210. The quantitative estimate of drug-likeness (QED) is 0.528. The topological polar surface area (TPSA) is 94.8 Å². The van der Waals surface area contributed by atoms with Crippen LogP contribution in [0.25, 0.3) is 5.69 Å². The molecule has 0 fully saturated rings. The average molecular weight is 406 g/mol. The summed E-state index contributed by atoms with van der Waals surface area (Å²) in [5.41, 5.74) is 3.38. The highest BCUT2D eigenvalue weighted by Crippen LogP contribution is 2.26. The molecule has 0 aliphatic carbocycles. The van der Waals surface area contributed by atoms with Crippen LogP contribution in [0.3, 0.4) is 0 Å². The van der Waals surface area contributed by atoms with Crippen molar-refractivity contribution >= 4 is 22.4 Å². The van der Waals surface area contributed by atoms with E-state index in [2.05, 4.69) is 25.8 Å². The van der Waals surface area contributed by atoms with E-state index in [1.165, 1.54) is 22.3 Å². The zero-order valence-electron chi connectivity index (χ0n) is 15.9. The van der Waals surface area contributed by atoms with Crippen LogP contribution in [0.5, 0.6) is 5.75 Å². The summed E-state index contributed by atoms with van der Waals surface area (Å²) in [6.45, 7) is 1.95. The van der Waals surface area contributed by atoms with E-state index in [9.17, 15) is 4.79 Å². The number of amides is 1. The summed E-state index contributed by atoms with van der Waals surface area (Å²) < 4.78 is 6.72. The first-order valence-electron chi connectivity index (χ1n) is 8.86. The summed E-state index contributed by atoms with van der Waals surface area (Å²) in [6.07, 6.45) is 2.25. The molecule has 2 heterocycles. The molecule has 0 radical (unpaired) electrons. The number of aryl methyl sites for hydroxylation is 1. The third kappa shape index (κ3) is 4.30. The summed E-state index contributed by atoms with van der Waals surface area (Å²) in [4.78, 5) is 18.2. The van der Waals surface area contributed by atoms with E-state index in [4.69, 9.17) is 4.74 Å². The molecule has 8 nitrogen and oxygen atoms in total. The van der Waals surface area contributed by atoms with Crippen LogP contribution in [0, 0.1) is 6.92 Å². The first kappa shape index (κ1) is 18.8. The second kappa shape index (κ2) is 8.19. The standard InChI is InChI=1S/C20H18N6O2S/c1-13-18(11-14-3-9-17(28-2)10-4-14)29-20(22-13)23-19(27)15-5-7-16(8-6-15)26-12-21-24-25-26/h3-10,12H,11H2,1-2H3,(H,22,23,27). The van der Waals surface area contributed by atoms with Crippen molar-refractivity contribution in [2.75, 3.05) is 12.4 Å². The number of tetrazole rings is 1. The lowest BCUT2D eigenvalue weighted by atomic mass is 10.1. The molecule has 2 aromatic carbocycles. The highest BCUT2D eigenvalue weighted by atomic mass is 32.1. The molecule has 0 aliphatic heterocycles. The molecule has 4 aromatic rings. The van der Waals surface area contributed by atoms with Crippen LogP contribution in [0.15, 0.2) is 54.9 Å². The summed E-state index contributed by atoms with van der Waals surface area (Å²) >= 11 is 1.48. The third-order valence-electron chi connectivity index (χ3n) is 4.38. The van der Waals surface area contributed by atoms with Crippen LogP contribution in [-0.2, 0) is 6.42 Å². The molecular weight excluding hydrogens is 388 g/mol. The smallest absolute Gasteiger partial charge is 0.257 e. The number of hydrogen-bond acceptors (Lipinski definition) is 7. The normalized spacial score (nSPS) is 10.7. The highest BCUT2D eigenvalue weighted by Gasteiger charge is 2.13. The molecule has 1 amide bonds. The Morgan fingerprint density at radius 2 is 1.90 bits per heavy atom.